The highest BCUT2D eigenvalue weighted by Crippen LogP contribution is 2.31. The summed E-state index contributed by atoms with van der Waals surface area (Å²) in [5, 5.41) is 9.77. The van der Waals surface area contributed by atoms with Gasteiger partial charge in [-0.2, -0.15) is 0 Å². The van der Waals surface area contributed by atoms with E-state index < -0.39 is 5.97 Å². The molecule has 0 radical (unpaired) electrons. The molecule has 33 heavy (non-hydrogen) atoms. The van der Waals surface area contributed by atoms with Crippen molar-refractivity contribution in [2.45, 2.75) is 129 Å². The number of thioether (sulfide) groups is 1. The van der Waals surface area contributed by atoms with E-state index in [4.69, 9.17) is 5.11 Å². The number of carboxylic acids is 1. The highest BCUT2D eigenvalue weighted by molar-refractivity contribution is 8.18. The van der Waals surface area contributed by atoms with Gasteiger partial charge in [0.1, 0.15) is 0 Å². The quantitative estimate of drug-likeness (QED) is 0.134. The fraction of sp³-hybridized carbons (Fsp3) is 0.815. The van der Waals surface area contributed by atoms with Gasteiger partial charge in [0.15, 0.2) is 5.17 Å². The molecule has 1 amide bonds. The summed E-state index contributed by atoms with van der Waals surface area (Å²) in [7, 11) is 0. The molecule has 0 aromatic carbocycles. The molecule has 0 unspecified atom stereocenters. The predicted molar refractivity (Wildman–Crippen MR) is 142 cm³/mol. The van der Waals surface area contributed by atoms with Crippen molar-refractivity contribution in [3.05, 3.63) is 11.0 Å². The number of carbonyl (C=O) groups excluding carboxylic acids is 1. The van der Waals surface area contributed by atoms with Crippen molar-refractivity contribution in [2.75, 3.05) is 13.1 Å². The van der Waals surface area contributed by atoms with Gasteiger partial charge in [-0.3, -0.25) is 14.7 Å². The lowest BCUT2D eigenvalue weighted by Crippen LogP contribution is -2.30. The first-order chi connectivity index (χ1) is 16.1. The Morgan fingerprint density at radius 2 is 1.24 bits per heavy atom. The SMILES string of the molecule is CCCCCCCCCCC/N=C1/S/C(=C\C(=O)O)C(=O)N1CCCCCCCCCCC. The van der Waals surface area contributed by atoms with Gasteiger partial charge in [0.05, 0.1) is 4.91 Å². The van der Waals surface area contributed by atoms with Crippen molar-refractivity contribution in [1.82, 2.24) is 4.90 Å². The van der Waals surface area contributed by atoms with Crippen LogP contribution in [0, 0.1) is 0 Å². The number of aliphatic imine (C=N–C) groups is 1. The number of carbonyl (C=O) groups is 2. The first-order valence-corrected chi connectivity index (χ1v) is 14.4. The third-order valence-electron chi connectivity index (χ3n) is 6.14. The minimum absolute atomic E-state index is 0.201. The van der Waals surface area contributed by atoms with Gasteiger partial charge < -0.3 is 5.11 Å². The molecular formula is C27H48N2O3S. The normalized spacial score (nSPS) is 16.4. The molecule has 1 heterocycles. The lowest BCUT2D eigenvalue weighted by atomic mass is 10.1. The standard InChI is InChI=1S/C27H48N2O3S/c1-3-5-7-9-11-13-15-17-19-21-28-27-29(26(32)24(33-27)23-25(30)31)22-20-18-16-14-12-10-8-6-4-2/h23H,3-22H2,1-2H3,(H,30,31)/b24-23-,28-27+. The molecule has 0 spiro atoms. The van der Waals surface area contributed by atoms with Crippen molar-refractivity contribution in [2.24, 2.45) is 4.99 Å². The average molecular weight is 481 g/mol. The van der Waals surface area contributed by atoms with Crippen LogP contribution in [0.3, 0.4) is 0 Å². The summed E-state index contributed by atoms with van der Waals surface area (Å²) in [6.45, 7) is 5.83. The first kappa shape index (κ1) is 29.7. The molecule has 5 nitrogen and oxygen atoms in total. The zero-order chi connectivity index (χ0) is 24.2. The number of amides is 1. The Morgan fingerprint density at radius 1 is 0.788 bits per heavy atom. The lowest BCUT2D eigenvalue weighted by molar-refractivity contribution is -0.132. The lowest BCUT2D eigenvalue weighted by Gasteiger charge is -2.15. The van der Waals surface area contributed by atoms with E-state index in [2.05, 4.69) is 18.8 Å². The van der Waals surface area contributed by atoms with Crippen molar-refractivity contribution in [3.8, 4) is 0 Å². The predicted octanol–water partition coefficient (Wildman–Crippen LogP) is 7.95. The zero-order valence-electron chi connectivity index (χ0n) is 21.3. The van der Waals surface area contributed by atoms with Crippen LogP contribution in [0.1, 0.15) is 129 Å². The van der Waals surface area contributed by atoms with E-state index in [9.17, 15) is 9.59 Å². The van der Waals surface area contributed by atoms with Crippen LogP contribution in [0.25, 0.3) is 0 Å². The Labute approximate surface area is 206 Å². The minimum atomic E-state index is -1.07. The molecule has 0 atom stereocenters. The smallest absolute Gasteiger partial charge is 0.329 e. The maximum absolute atomic E-state index is 12.7. The van der Waals surface area contributed by atoms with E-state index in [1.54, 1.807) is 4.90 Å². The van der Waals surface area contributed by atoms with E-state index in [1.807, 2.05) is 0 Å². The number of hydrogen-bond acceptors (Lipinski definition) is 4. The second kappa shape index (κ2) is 20.1. The summed E-state index contributed by atoms with van der Waals surface area (Å²) >= 11 is 1.22. The summed E-state index contributed by atoms with van der Waals surface area (Å²) in [6, 6.07) is 0. The van der Waals surface area contributed by atoms with Gasteiger partial charge in [-0.05, 0) is 24.6 Å². The summed E-state index contributed by atoms with van der Waals surface area (Å²) in [6.07, 6.45) is 23.5. The number of hydrogen-bond donors (Lipinski definition) is 1. The van der Waals surface area contributed by atoms with E-state index in [0.717, 1.165) is 25.3 Å². The monoisotopic (exact) mass is 480 g/mol. The number of unbranched alkanes of at least 4 members (excludes halogenated alkanes) is 16. The Kier molecular flexibility index (Phi) is 18.1. The van der Waals surface area contributed by atoms with Crippen LogP contribution in [0.5, 0.6) is 0 Å². The van der Waals surface area contributed by atoms with Crippen molar-refractivity contribution >= 4 is 28.8 Å². The molecule has 1 N–H and O–H groups in total. The van der Waals surface area contributed by atoms with Crippen LogP contribution >= 0.6 is 11.8 Å². The van der Waals surface area contributed by atoms with Gasteiger partial charge in [0, 0.05) is 19.2 Å². The van der Waals surface area contributed by atoms with Gasteiger partial charge in [0.25, 0.3) is 5.91 Å². The van der Waals surface area contributed by atoms with Crippen LogP contribution in [0.4, 0.5) is 0 Å². The largest absolute Gasteiger partial charge is 0.478 e. The molecule has 1 rings (SSSR count). The number of nitrogens with zero attached hydrogens (tertiary/aromatic N) is 2. The second-order valence-electron chi connectivity index (χ2n) is 9.23. The fourth-order valence-corrected chi connectivity index (χ4v) is 5.11. The zero-order valence-corrected chi connectivity index (χ0v) is 22.1. The number of carboxylic acid groups (broad SMARTS) is 1. The van der Waals surface area contributed by atoms with Crippen molar-refractivity contribution in [3.63, 3.8) is 0 Å². The van der Waals surface area contributed by atoms with Gasteiger partial charge in [0.2, 0.25) is 0 Å². The summed E-state index contributed by atoms with van der Waals surface area (Å²) in [5.41, 5.74) is 0. The molecule has 0 bridgehead atoms. The third kappa shape index (κ3) is 14.5. The van der Waals surface area contributed by atoms with E-state index in [1.165, 1.54) is 108 Å². The number of amidine groups is 1. The minimum Gasteiger partial charge on any atom is -0.478 e. The average Bonchev–Trinajstić information content (AvgIpc) is 3.07. The van der Waals surface area contributed by atoms with Crippen LogP contribution in [-0.2, 0) is 9.59 Å². The molecule has 1 saturated heterocycles. The fourth-order valence-electron chi connectivity index (χ4n) is 4.11. The van der Waals surface area contributed by atoms with Gasteiger partial charge in [-0.25, -0.2) is 4.79 Å². The molecule has 1 aliphatic heterocycles. The van der Waals surface area contributed by atoms with Crippen LogP contribution in [-0.4, -0.2) is 40.1 Å². The molecule has 6 heteroatoms. The number of rotatable bonds is 21. The molecule has 0 aromatic rings. The van der Waals surface area contributed by atoms with Gasteiger partial charge >= 0.3 is 5.97 Å². The van der Waals surface area contributed by atoms with Crippen LogP contribution in [0.15, 0.2) is 16.0 Å². The van der Waals surface area contributed by atoms with Gasteiger partial charge in [-0.15, -0.1) is 0 Å². The molecule has 190 valence electrons. The highest BCUT2D eigenvalue weighted by atomic mass is 32.2. The molecule has 0 saturated carbocycles. The Morgan fingerprint density at radius 3 is 1.73 bits per heavy atom. The van der Waals surface area contributed by atoms with E-state index >= 15 is 0 Å². The molecule has 0 aromatic heterocycles. The topological polar surface area (TPSA) is 70.0 Å². The van der Waals surface area contributed by atoms with Gasteiger partial charge in [-0.1, -0.05) is 117 Å². The first-order valence-electron chi connectivity index (χ1n) is 13.6. The van der Waals surface area contributed by atoms with Crippen molar-refractivity contribution < 1.29 is 14.7 Å². The Bertz CT molecular complexity index is 604. The molecule has 0 aliphatic carbocycles. The Balaban J connectivity index is 2.35. The van der Waals surface area contributed by atoms with Crippen molar-refractivity contribution in [1.29, 1.82) is 0 Å². The molecular weight excluding hydrogens is 432 g/mol. The van der Waals surface area contributed by atoms with E-state index in [-0.39, 0.29) is 10.8 Å². The maximum atomic E-state index is 12.7. The summed E-state index contributed by atoms with van der Waals surface area (Å²) in [5.74, 6) is -1.28. The summed E-state index contributed by atoms with van der Waals surface area (Å²) in [4.78, 5) is 30.4. The van der Waals surface area contributed by atoms with Crippen LogP contribution in [0.2, 0.25) is 0 Å². The van der Waals surface area contributed by atoms with Crippen LogP contribution < -0.4 is 0 Å². The highest BCUT2D eigenvalue weighted by Gasteiger charge is 2.33. The molecule has 1 fully saturated rings. The molecule has 1 aliphatic rings. The van der Waals surface area contributed by atoms with E-state index in [0.29, 0.717) is 18.3 Å². The second-order valence-corrected chi connectivity index (χ2v) is 10.2. The Hall–Kier alpha value is -1.30. The number of aliphatic carboxylic acids is 1. The maximum Gasteiger partial charge on any atom is 0.329 e. The third-order valence-corrected chi connectivity index (χ3v) is 7.18. The summed E-state index contributed by atoms with van der Waals surface area (Å²) < 4.78 is 0.